The Morgan fingerprint density at radius 2 is 0.505 bits per heavy atom. The highest BCUT2D eigenvalue weighted by Gasteiger charge is 2.31. The SMILES string of the molecule is CCC1=C(CC)c2cc3[nH]c(c(CC)c3CC)c(-c3ccc(-c4c5nc(cc6[nH]c(c(CC)c6CC)c(-c6ccc([N+](=O)[O-])cc6)c6nc(cc7[nH]c4c(CC)c7CC)C(CC)=C6CC)C(CC)=C5CC)cc3)c3nc(cc4[nH]c(cc1n2)c(CC)c4CC)C(CC)=C3CC. The number of aryl methyl sites for hydroxylation is 8. The highest BCUT2D eigenvalue weighted by Crippen LogP contribution is 2.49. The van der Waals surface area contributed by atoms with E-state index in [4.69, 9.17) is 19.9 Å². The standard InChI is InChI=1S/C84H97N9O2/c1-17-50-52(19-3)68-42-70-54(21-5)60(27-11)79(87-70)76(80-61(28-12)55(22-6)71(88-80)43-69-53(20-4)51(18-2)67(86-69)41-66(50)85-68)46-33-35-47(36-34-46)77-81-62(29-13)56(23-7)72(89-81)44-74-58(25-9)64(31-15)83(91-74)78(48-37-39-49(40-38-48)93(94)95)84-65(32-16)59(26-10)75(92-84)45-73-57(24-8)63(30-14)82(77)90-73/h33-45,85,88-89,92H,17-32H2,1-16H3. The Hall–Kier alpha value is -8.96. The van der Waals surface area contributed by atoms with Gasteiger partial charge in [-0.3, -0.25) is 10.1 Å². The van der Waals surface area contributed by atoms with E-state index in [-0.39, 0.29) is 10.6 Å². The minimum absolute atomic E-state index is 0.0597. The molecule has 4 aliphatic heterocycles. The van der Waals surface area contributed by atoms with Gasteiger partial charge in [0, 0.05) is 56.4 Å². The van der Waals surface area contributed by atoms with Crippen molar-refractivity contribution >= 4 is 94.4 Å². The maximum absolute atomic E-state index is 12.1. The fourth-order valence-corrected chi connectivity index (χ4v) is 16.9. The summed E-state index contributed by atoms with van der Waals surface area (Å²) in [4.78, 5) is 51.3. The van der Waals surface area contributed by atoms with Crippen molar-refractivity contribution in [3.8, 4) is 33.4 Å². The summed E-state index contributed by atoms with van der Waals surface area (Å²) in [5.74, 6) is 0. The number of nitro groups is 1. The first-order valence-electron chi connectivity index (χ1n) is 36.1. The van der Waals surface area contributed by atoms with Crippen LogP contribution in [0.4, 0.5) is 5.69 Å². The summed E-state index contributed by atoms with van der Waals surface area (Å²) in [6, 6.07) is 28.2. The molecule has 2 aromatic carbocycles. The van der Waals surface area contributed by atoms with Gasteiger partial charge < -0.3 is 19.9 Å². The number of allylic oxidation sites excluding steroid dienone is 8. The molecule has 8 aromatic rings. The van der Waals surface area contributed by atoms with E-state index in [2.05, 4.69) is 185 Å². The molecule has 11 heteroatoms. The van der Waals surface area contributed by atoms with E-state index in [9.17, 15) is 10.1 Å². The Labute approximate surface area is 562 Å². The number of aromatic nitrogens is 8. The molecular weight excluding hydrogens is 1170 g/mol. The lowest BCUT2D eigenvalue weighted by atomic mass is 9.90. The largest absolute Gasteiger partial charge is 0.355 e. The summed E-state index contributed by atoms with van der Waals surface area (Å²) in [6.07, 6.45) is 13.4. The molecule has 0 amide bonds. The molecule has 0 fully saturated rings. The van der Waals surface area contributed by atoms with Gasteiger partial charge in [-0.2, -0.15) is 0 Å². The van der Waals surface area contributed by atoms with Crippen LogP contribution in [-0.4, -0.2) is 44.8 Å². The first-order chi connectivity index (χ1) is 46.2. The molecule has 0 atom stereocenters. The molecule has 16 bridgehead atoms. The highest BCUT2D eigenvalue weighted by atomic mass is 16.6. The fourth-order valence-electron chi connectivity index (χ4n) is 16.9. The Balaban J connectivity index is 1.22. The summed E-state index contributed by atoms with van der Waals surface area (Å²) in [5.41, 5.74) is 43.5. The average molecular weight is 1260 g/mol. The number of aromatic amines is 4. The molecule has 4 N–H and O–H groups in total. The fraction of sp³-hybridized carbons (Fsp3) is 0.381. The Kier molecular flexibility index (Phi) is 19.1. The van der Waals surface area contributed by atoms with Gasteiger partial charge >= 0.3 is 0 Å². The lowest BCUT2D eigenvalue weighted by Gasteiger charge is -2.13. The number of H-pyrrole nitrogens is 4. The number of benzene rings is 2. The van der Waals surface area contributed by atoms with Gasteiger partial charge in [-0.25, -0.2) is 19.9 Å². The maximum atomic E-state index is 12.1. The number of nitrogens with zero attached hydrogens (tertiary/aromatic N) is 5. The van der Waals surface area contributed by atoms with E-state index in [1.165, 1.54) is 89.1 Å². The van der Waals surface area contributed by atoms with E-state index in [0.29, 0.717) is 0 Å². The minimum Gasteiger partial charge on any atom is -0.355 e. The topological polar surface area (TPSA) is 158 Å². The zero-order valence-electron chi connectivity index (χ0n) is 59.4. The quantitative estimate of drug-likeness (QED) is 0.0439. The van der Waals surface area contributed by atoms with Gasteiger partial charge in [0.1, 0.15) is 0 Å². The first kappa shape index (κ1) is 66.1. The van der Waals surface area contributed by atoms with Crippen molar-refractivity contribution in [3.05, 3.63) is 179 Å². The second kappa shape index (κ2) is 27.4. The van der Waals surface area contributed by atoms with Gasteiger partial charge in [-0.1, -0.05) is 135 Å². The van der Waals surface area contributed by atoms with Crippen LogP contribution in [-0.2, 0) is 51.4 Å². The van der Waals surface area contributed by atoms with Gasteiger partial charge in [0.2, 0.25) is 0 Å². The number of rotatable bonds is 20. The van der Waals surface area contributed by atoms with Crippen LogP contribution in [0.15, 0.2) is 78.9 Å². The van der Waals surface area contributed by atoms with E-state index in [1.807, 2.05) is 12.1 Å². The van der Waals surface area contributed by atoms with Crippen LogP contribution in [0.5, 0.6) is 0 Å². The molecule has 0 unspecified atom stereocenters. The smallest absolute Gasteiger partial charge is 0.269 e. The Morgan fingerprint density at radius 3 is 0.747 bits per heavy atom. The molecule has 6 aromatic heterocycles. The van der Waals surface area contributed by atoms with Crippen molar-refractivity contribution in [1.29, 1.82) is 0 Å². The average Bonchev–Trinajstić information content (AvgIpc) is 1.61. The second-order valence-corrected chi connectivity index (χ2v) is 25.7. The third-order valence-corrected chi connectivity index (χ3v) is 21.2. The molecule has 0 saturated carbocycles. The Bertz CT molecular complexity index is 4910. The van der Waals surface area contributed by atoms with Gasteiger partial charge in [0.25, 0.3) is 5.69 Å². The van der Waals surface area contributed by atoms with E-state index >= 15 is 0 Å². The number of hydrogen-bond acceptors (Lipinski definition) is 6. The molecule has 0 saturated heterocycles. The van der Waals surface area contributed by atoms with Crippen molar-refractivity contribution in [3.63, 3.8) is 0 Å². The second-order valence-electron chi connectivity index (χ2n) is 25.7. The van der Waals surface area contributed by atoms with Crippen molar-refractivity contribution < 1.29 is 4.92 Å². The summed E-state index contributed by atoms with van der Waals surface area (Å²) in [6.45, 7) is 36.4. The van der Waals surface area contributed by atoms with Crippen LogP contribution in [0.25, 0.3) is 122 Å². The molecule has 0 radical (unpaired) electrons. The zero-order chi connectivity index (χ0) is 67.3. The zero-order valence-corrected chi connectivity index (χ0v) is 59.4. The summed E-state index contributed by atoms with van der Waals surface area (Å²) < 4.78 is 0. The van der Waals surface area contributed by atoms with Crippen LogP contribution in [0.1, 0.15) is 252 Å². The predicted molar refractivity (Wildman–Crippen MR) is 403 cm³/mol. The first-order valence-corrected chi connectivity index (χ1v) is 36.1. The molecule has 11 nitrogen and oxygen atoms in total. The Morgan fingerprint density at radius 1 is 0.284 bits per heavy atom. The van der Waals surface area contributed by atoms with Gasteiger partial charge in [-0.15, -0.1) is 0 Å². The normalized spacial score (nSPS) is 13.4. The molecule has 95 heavy (non-hydrogen) atoms. The number of fused-ring (bicyclic) bond motifs is 16. The number of hydrogen-bond donors (Lipinski definition) is 4. The number of non-ortho nitro benzene ring substituents is 1. The monoisotopic (exact) mass is 1260 g/mol. The third kappa shape index (κ3) is 11.0. The molecule has 0 spiro atoms. The molecule has 12 rings (SSSR count). The minimum atomic E-state index is -0.320. The molecule has 10 heterocycles. The van der Waals surface area contributed by atoms with E-state index < -0.39 is 0 Å². The van der Waals surface area contributed by atoms with Gasteiger partial charge in [0.05, 0.1) is 67.0 Å². The summed E-state index contributed by atoms with van der Waals surface area (Å²) in [5, 5.41) is 12.1. The lowest BCUT2D eigenvalue weighted by Crippen LogP contribution is -1.95. The van der Waals surface area contributed by atoms with Crippen molar-refractivity contribution in [1.82, 2.24) is 39.9 Å². The number of nitro benzene ring substituents is 1. The molecule has 4 aliphatic rings. The lowest BCUT2D eigenvalue weighted by molar-refractivity contribution is -0.384. The van der Waals surface area contributed by atoms with E-state index in [0.717, 1.165) is 226 Å². The molecule has 0 aliphatic carbocycles. The van der Waals surface area contributed by atoms with Crippen LogP contribution < -0.4 is 0 Å². The maximum Gasteiger partial charge on any atom is 0.269 e. The predicted octanol–water partition coefficient (Wildman–Crippen LogP) is 23.3. The summed E-state index contributed by atoms with van der Waals surface area (Å²) in [7, 11) is 0. The van der Waals surface area contributed by atoms with Gasteiger partial charge in [0.15, 0.2) is 0 Å². The van der Waals surface area contributed by atoms with Crippen LogP contribution in [0, 0.1) is 10.1 Å². The molecular formula is C84H97N9O2. The number of nitrogens with one attached hydrogen (secondary N) is 4. The highest BCUT2D eigenvalue weighted by molar-refractivity contribution is 6.06. The van der Waals surface area contributed by atoms with Crippen molar-refractivity contribution in [2.45, 2.75) is 214 Å². The van der Waals surface area contributed by atoms with Crippen molar-refractivity contribution in [2.24, 2.45) is 0 Å². The van der Waals surface area contributed by atoms with Gasteiger partial charge in [-0.05, 0) is 251 Å². The van der Waals surface area contributed by atoms with E-state index in [1.54, 1.807) is 12.1 Å². The van der Waals surface area contributed by atoms with Crippen LogP contribution in [0.2, 0.25) is 0 Å². The third-order valence-electron chi connectivity index (χ3n) is 21.2. The summed E-state index contributed by atoms with van der Waals surface area (Å²) >= 11 is 0. The van der Waals surface area contributed by atoms with Crippen molar-refractivity contribution in [2.75, 3.05) is 0 Å². The molecule has 490 valence electrons. The van der Waals surface area contributed by atoms with Crippen LogP contribution in [0.3, 0.4) is 0 Å². The van der Waals surface area contributed by atoms with Crippen LogP contribution >= 0.6 is 0 Å².